The predicted octanol–water partition coefficient (Wildman–Crippen LogP) is 3.48. The molecule has 0 aromatic carbocycles. The van der Waals surface area contributed by atoms with E-state index in [2.05, 4.69) is 25.7 Å². The Kier molecular flexibility index (Phi) is 8.21. The first-order valence-electron chi connectivity index (χ1n) is 6.47. The van der Waals surface area contributed by atoms with Gasteiger partial charge < -0.3 is 9.47 Å². The second kappa shape index (κ2) is 9.78. The second-order valence-electron chi connectivity index (χ2n) is 4.19. The molecule has 0 spiro atoms. The molecule has 1 rings (SSSR count). The summed E-state index contributed by atoms with van der Waals surface area (Å²) in [6, 6.07) is 5.76. The number of hydrogen-bond donors (Lipinski definition) is 0. The fourth-order valence-electron chi connectivity index (χ4n) is 1.62. The summed E-state index contributed by atoms with van der Waals surface area (Å²) in [5.41, 5.74) is 0.968. The second-order valence-corrected chi connectivity index (χ2v) is 4.75. The topological polar surface area (TPSA) is 48.4 Å². The monoisotopic (exact) mass is 329 g/mol. The average Bonchev–Trinajstić information content (AvgIpc) is 2.46. The largest absolute Gasteiger partial charge is 0.478 e. The molecule has 4 nitrogen and oxygen atoms in total. The van der Waals surface area contributed by atoms with Gasteiger partial charge >= 0.3 is 5.97 Å². The summed E-state index contributed by atoms with van der Waals surface area (Å²) in [4.78, 5) is 15.2. The molecule has 0 radical (unpaired) electrons. The summed E-state index contributed by atoms with van der Waals surface area (Å²) < 4.78 is 10.2. The van der Waals surface area contributed by atoms with Gasteiger partial charge in [0.15, 0.2) is 0 Å². The Morgan fingerprint density at radius 2 is 2.05 bits per heavy atom. The average molecular weight is 330 g/mol. The molecule has 0 saturated carbocycles. The molecule has 1 aromatic rings. The number of carbonyl (C=O) groups excluding carboxylic acids is 1. The smallest absolute Gasteiger partial charge is 0.305 e. The van der Waals surface area contributed by atoms with Crippen molar-refractivity contribution in [1.29, 1.82) is 0 Å². The first-order valence-corrected chi connectivity index (χ1v) is 7.60. The van der Waals surface area contributed by atoms with Crippen molar-refractivity contribution in [3.8, 4) is 5.88 Å². The van der Waals surface area contributed by atoms with Crippen LogP contribution in [-0.4, -0.2) is 24.7 Å². The van der Waals surface area contributed by atoms with Crippen LogP contribution >= 0.6 is 15.9 Å². The number of esters is 1. The molecule has 0 unspecified atom stereocenters. The van der Waals surface area contributed by atoms with Crippen LogP contribution in [0, 0.1) is 0 Å². The number of pyridine rings is 1. The Morgan fingerprint density at radius 1 is 1.26 bits per heavy atom. The zero-order chi connectivity index (χ0) is 13.9. The summed E-state index contributed by atoms with van der Waals surface area (Å²) in [5, 5.41) is 0.734. The van der Waals surface area contributed by atoms with Crippen LogP contribution in [0.1, 0.15) is 37.8 Å². The molecule has 0 aliphatic carbocycles. The van der Waals surface area contributed by atoms with E-state index in [-0.39, 0.29) is 5.97 Å². The van der Waals surface area contributed by atoms with Crippen LogP contribution in [0.4, 0.5) is 0 Å². The molecule has 0 amide bonds. The molecule has 106 valence electrons. The molecule has 1 aromatic heterocycles. The molecule has 0 atom stereocenters. The van der Waals surface area contributed by atoms with Gasteiger partial charge in [0.05, 0.1) is 19.4 Å². The van der Waals surface area contributed by atoms with Crippen molar-refractivity contribution in [2.75, 3.05) is 13.7 Å². The van der Waals surface area contributed by atoms with E-state index in [1.54, 1.807) is 0 Å². The van der Waals surface area contributed by atoms with E-state index in [0.29, 0.717) is 18.9 Å². The minimum Gasteiger partial charge on any atom is -0.478 e. The number of hydrogen-bond acceptors (Lipinski definition) is 4. The number of nitrogens with zero attached hydrogens (tertiary/aromatic N) is 1. The van der Waals surface area contributed by atoms with Gasteiger partial charge in [-0.3, -0.25) is 4.79 Å². The summed E-state index contributed by atoms with van der Waals surface area (Å²) in [6.45, 7) is 0.664. The molecule has 19 heavy (non-hydrogen) atoms. The van der Waals surface area contributed by atoms with Crippen LogP contribution in [-0.2, 0) is 14.9 Å². The number of aromatic nitrogens is 1. The van der Waals surface area contributed by atoms with Crippen molar-refractivity contribution in [2.45, 2.75) is 37.4 Å². The van der Waals surface area contributed by atoms with Crippen LogP contribution in [0.5, 0.6) is 5.88 Å². The van der Waals surface area contributed by atoms with Gasteiger partial charge in [0.2, 0.25) is 5.88 Å². The highest BCUT2D eigenvalue weighted by atomic mass is 79.9. The molecule has 0 fully saturated rings. The summed E-state index contributed by atoms with van der Waals surface area (Å²) in [7, 11) is 1.42. The van der Waals surface area contributed by atoms with Crippen molar-refractivity contribution in [3.05, 3.63) is 23.9 Å². The number of rotatable bonds is 9. The third kappa shape index (κ3) is 7.15. The highest BCUT2D eigenvalue weighted by molar-refractivity contribution is 9.08. The Hall–Kier alpha value is -1.10. The van der Waals surface area contributed by atoms with Crippen molar-refractivity contribution in [1.82, 2.24) is 4.98 Å². The van der Waals surface area contributed by atoms with Crippen molar-refractivity contribution in [3.63, 3.8) is 0 Å². The van der Waals surface area contributed by atoms with E-state index >= 15 is 0 Å². The highest BCUT2D eigenvalue weighted by Crippen LogP contribution is 2.11. The Bertz CT molecular complexity index is 385. The maximum absolute atomic E-state index is 10.9. The summed E-state index contributed by atoms with van der Waals surface area (Å²) in [5.74, 6) is 0.540. The molecule has 0 aliphatic rings. The minimum absolute atomic E-state index is 0.132. The van der Waals surface area contributed by atoms with E-state index in [1.165, 1.54) is 7.11 Å². The van der Waals surface area contributed by atoms with Crippen LogP contribution in [0.2, 0.25) is 0 Å². The lowest BCUT2D eigenvalue weighted by Crippen LogP contribution is -2.01. The summed E-state index contributed by atoms with van der Waals surface area (Å²) in [6.07, 6.45) is 4.43. The SMILES string of the molecule is COC(=O)CCCCCCOc1cccc(CBr)n1. The van der Waals surface area contributed by atoms with Gasteiger partial charge in [-0.15, -0.1) is 0 Å². The Morgan fingerprint density at radius 3 is 2.79 bits per heavy atom. The first-order chi connectivity index (χ1) is 9.26. The minimum atomic E-state index is -0.132. The number of carbonyl (C=O) groups is 1. The van der Waals surface area contributed by atoms with E-state index in [1.807, 2.05) is 18.2 Å². The zero-order valence-electron chi connectivity index (χ0n) is 11.2. The molecule has 0 bridgehead atoms. The van der Waals surface area contributed by atoms with E-state index in [4.69, 9.17) is 4.74 Å². The summed E-state index contributed by atoms with van der Waals surface area (Å²) >= 11 is 3.36. The number of methoxy groups -OCH3 is 1. The first kappa shape index (κ1) is 16.0. The van der Waals surface area contributed by atoms with Crippen LogP contribution < -0.4 is 4.74 Å². The standard InChI is InChI=1S/C14H20BrNO3/c1-18-14(17)9-4-2-3-5-10-19-13-8-6-7-12(11-15)16-13/h6-8H,2-5,9-11H2,1H3. The molecule has 5 heteroatoms. The van der Waals surface area contributed by atoms with Gasteiger partial charge in [-0.05, 0) is 18.9 Å². The van der Waals surface area contributed by atoms with E-state index < -0.39 is 0 Å². The highest BCUT2D eigenvalue weighted by Gasteiger charge is 2.00. The van der Waals surface area contributed by atoms with Gasteiger partial charge in [-0.1, -0.05) is 34.8 Å². The van der Waals surface area contributed by atoms with E-state index in [9.17, 15) is 4.79 Å². The van der Waals surface area contributed by atoms with Gasteiger partial charge in [0.25, 0.3) is 0 Å². The molecule has 0 saturated heterocycles. The molecule has 0 aliphatic heterocycles. The molecule has 0 N–H and O–H groups in total. The van der Waals surface area contributed by atoms with Crippen LogP contribution in [0.15, 0.2) is 18.2 Å². The van der Waals surface area contributed by atoms with Gasteiger partial charge in [-0.25, -0.2) is 4.98 Å². The third-order valence-corrected chi connectivity index (χ3v) is 3.25. The van der Waals surface area contributed by atoms with E-state index in [0.717, 1.165) is 36.7 Å². The maximum atomic E-state index is 10.9. The maximum Gasteiger partial charge on any atom is 0.305 e. The molecule has 1 heterocycles. The van der Waals surface area contributed by atoms with Crippen molar-refractivity contribution >= 4 is 21.9 Å². The Labute approximate surface area is 122 Å². The molecular formula is C14H20BrNO3. The fourth-order valence-corrected chi connectivity index (χ4v) is 1.93. The van der Waals surface area contributed by atoms with Gasteiger partial charge in [-0.2, -0.15) is 0 Å². The van der Waals surface area contributed by atoms with Gasteiger partial charge in [0, 0.05) is 17.8 Å². The molecular weight excluding hydrogens is 310 g/mol. The van der Waals surface area contributed by atoms with Gasteiger partial charge in [0.1, 0.15) is 0 Å². The lowest BCUT2D eigenvalue weighted by atomic mass is 10.1. The lowest BCUT2D eigenvalue weighted by molar-refractivity contribution is -0.140. The number of unbranched alkanes of at least 4 members (excludes halogenated alkanes) is 3. The number of ether oxygens (including phenoxy) is 2. The number of halogens is 1. The normalized spacial score (nSPS) is 10.2. The van der Waals surface area contributed by atoms with Crippen LogP contribution in [0.25, 0.3) is 0 Å². The van der Waals surface area contributed by atoms with Crippen molar-refractivity contribution < 1.29 is 14.3 Å². The third-order valence-electron chi connectivity index (χ3n) is 2.67. The van der Waals surface area contributed by atoms with Crippen LogP contribution in [0.3, 0.4) is 0 Å². The fraction of sp³-hybridized carbons (Fsp3) is 0.571. The number of alkyl halides is 1. The van der Waals surface area contributed by atoms with Crippen molar-refractivity contribution in [2.24, 2.45) is 0 Å². The quantitative estimate of drug-likeness (QED) is 0.395. The lowest BCUT2D eigenvalue weighted by Gasteiger charge is -2.06. The Balaban J connectivity index is 2.05. The zero-order valence-corrected chi connectivity index (χ0v) is 12.8. The predicted molar refractivity (Wildman–Crippen MR) is 77.5 cm³/mol.